The highest BCUT2D eigenvalue weighted by molar-refractivity contribution is 4.85. The van der Waals surface area contributed by atoms with Crippen LogP contribution in [0.1, 0.15) is 11.7 Å². The Balaban J connectivity index is 0.000000132. The van der Waals surface area contributed by atoms with Crippen LogP contribution in [0.3, 0.4) is 0 Å². The number of aryl methyl sites for hydroxylation is 3. The lowest BCUT2D eigenvalue weighted by Crippen LogP contribution is -1.86. The zero-order valence-corrected chi connectivity index (χ0v) is 8.06. The van der Waals surface area contributed by atoms with Crippen LogP contribution >= 0.6 is 0 Å². The second kappa shape index (κ2) is 4.45. The molecule has 0 saturated heterocycles. The standard InChI is InChI=1S/C5H8N2.C4H5NO/c1-5-6-3-4-7(5)2;1-4-5-2-3-6-4/h3-4H,1-2H3;2-3H,1H3. The number of imidazole rings is 1. The SMILES string of the molecule is Cc1nccn1C.Cc1ncco1. The van der Waals surface area contributed by atoms with Crippen molar-refractivity contribution in [2.75, 3.05) is 0 Å². The number of oxazole rings is 1. The summed E-state index contributed by atoms with van der Waals surface area (Å²) < 4.78 is 6.69. The van der Waals surface area contributed by atoms with Gasteiger partial charge in [-0.1, -0.05) is 0 Å². The predicted molar refractivity (Wildman–Crippen MR) is 49.2 cm³/mol. The van der Waals surface area contributed by atoms with Crippen molar-refractivity contribution in [2.45, 2.75) is 13.8 Å². The minimum absolute atomic E-state index is 0.718. The molecule has 2 rings (SSSR count). The van der Waals surface area contributed by atoms with Crippen LogP contribution < -0.4 is 0 Å². The molecule has 2 heterocycles. The van der Waals surface area contributed by atoms with Crippen molar-refractivity contribution in [3.63, 3.8) is 0 Å². The molecule has 0 aliphatic heterocycles. The Morgan fingerprint density at radius 3 is 2.15 bits per heavy atom. The van der Waals surface area contributed by atoms with Crippen LogP contribution in [0.2, 0.25) is 0 Å². The molecule has 70 valence electrons. The van der Waals surface area contributed by atoms with E-state index in [1.165, 1.54) is 0 Å². The molecule has 0 fully saturated rings. The highest BCUT2D eigenvalue weighted by Gasteiger charge is 1.83. The van der Waals surface area contributed by atoms with E-state index in [9.17, 15) is 0 Å². The van der Waals surface area contributed by atoms with E-state index in [1.54, 1.807) is 25.6 Å². The van der Waals surface area contributed by atoms with E-state index < -0.39 is 0 Å². The zero-order chi connectivity index (χ0) is 9.68. The fourth-order valence-electron chi connectivity index (χ4n) is 0.735. The quantitative estimate of drug-likeness (QED) is 0.618. The number of aromatic nitrogens is 3. The molecule has 0 radical (unpaired) electrons. The normalized spacial score (nSPS) is 9.15. The molecular formula is C9H13N3O. The van der Waals surface area contributed by atoms with Gasteiger partial charge in [0.15, 0.2) is 5.89 Å². The summed E-state index contributed by atoms with van der Waals surface area (Å²) in [5.41, 5.74) is 0. The smallest absolute Gasteiger partial charge is 0.190 e. The number of nitrogens with zero attached hydrogens (tertiary/aromatic N) is 3. The maximum atomic E-state index is 4.72. The van der Waals surface area contributed by atoms with E-state index in [4.69, 9.17) is 4.42 Å². The van der Waals surface area contributed by atoms with Gasteiger partial charge in [-0.3, -0.25) is 0 Å². The van der Waals surface area contributed by atoms with Crippen molar-refractivity contribution < 1.29 is 4.42 Å². The molecule has 0 aliphatic carbocycles. The second-order valence-electron chi connectivity index (χ2n) is 2.64. The van der Waals surface area contributed by atoms with Crippen molar-refractivity contribution in [3.05, 3.63) is 36.6 Å². The molecule has 2 aromatic rings. The van der Waals surface area contributed by atoms with Gasteiger partial charge in [-0.15, -0.1) is 0 Å². The highest BCUT2D eigenvalue weighted by Crippen LogP contribution is 1.87. The first kappa shape index (κ1) is 9.51. The van der Waals surface area contributed by atoms with Gasteiger partial charge in [-0.25, -0.2) is 9.97 Å². The molecule has 2 aromatic heterocycles. The molecule has 4 nitrogen and oxygen atoms in total. The van der Waals surface area contributed by atoms with Gasteiger partial charge in [0.2, 0.25) is 0 Å². The first-order valence-corrected chi connectivity index (χ1v) is 4.00. The minimum Gasteiger partial charge on any atom is -0.449 e. The van der Waals surface area contributed by atoms with Crippen molar-refractivity contribution >= 4 is 0 Å². The van der Waals surface area contributed by atoms with Crippen molar-refractivity contribution in [1.82, 2.24) is 14.5 Å². The molecule has 0 aliphatic rings. The molecule has 0 bridgehead atoms. The largest absolute Gasteiger partial charge is 0.449 e. The molecule has 0 aromatic carbocycles. The average molecular weight is 179 g/mol. The molecule has 13 heavy (non-hydrogen) atoms. The van der Waals surface area contributed by atoms with E-state index in [0.717, 1.165) is 11.7 Å². The van der Waals surface area contributed by atoms with Crippen LogP contribution in [-0.2, 0) is 7.05 Å². The van der Waals surface area contributed by atoms with Gasteiger partial charge in [-0.2, -0.15) is 0 Å². The molecule has 0 spiro atoms. The number of hydrogen-bond donors (Lipinski definition) is 0. The van der Waals surface area contributed by atoms with Crippen LogP contribution in [0.15, 0.2) is 29.3 Å². The van der Waals surface area contributed by atoms with Gasteiger partial charge in [0.05, 0.1) is 6.20 Å². The number of hydrogen-bond acceptors (Lipinski definition) is 3. The predicted octanol–water partition coefficient (Wildman–Crippen LogP) is 1.71. The molecule has 0 saturated carbocycles. The van der Waals surface area contributed by atoms with Gasteiger partial charge in [-0.05, 0) is 6.92 Å². The molecule has 0 unspecified atom stereocenters. The van der Waals surface area contributed by atoms with Crippen LogP contribution in [0.25, 0.3) is 0 Å². The third-order valence-corrected chi connectivity index (χ3v) is 1.62. The summed E-state index contributed by atoms with van der Waals surface area (Å²) in [4.78, 5) is 7.73. The van der Waals surface area contributed by atoms with E-state index in [0.29, 0.717) is 0 Å². The van der Waals surface area contributed by atoms with Crippen molar-refractivity contribution in [1.29, 1.82) is 0 Å². The Kier molecular flexibility index (Phi) is 3.25. The van der Waals surface area contributed by atoms with Crippen LogP contribution in [0.4, 0.5) is 0 Å². The van der Waals surface area contributed by atoms with Crippen molar-refractivity contribution in [3.8, 4) is 0 Å². The average Bonchev–Trinajstić information content (AvgIpc) is 2.67. The first-order valence-electron chi connectivity index (χ1n) is 4.00. The van der Waals surface area contributed by atoms with E-state index >= 15 is 0 Å². The monoisotopic (exact) mass is 179 g/mol. The summed E-state index contributed by atoms with van der Waals surface area (Å²) in [6.07, 6.45) is 6.88. The topological polar surface area (TPSA) is 43.9 Å². The summed E-state index contributed by atoms with van der Waals surface area (Å²) in [5.74, 6) is 1.77. The third-order valence-electron chi connectivity index (χ3n) is 1.62. The molecular weight excluding hydrogens is 166 g/mol. The van der Waals surface area contributed by atoms with Gasteiger partial charge in [0.25, 0.3) is 0 Å². The van der Waals surface area contributed by atoms with Crippen molar-refractivity contribution in [2.24, 2.45) is 7.05 Å². The minimum atomic E-state index is 0.718. The second-order valence-corrected chi connectivity index (χ2v) is 2.64. The summed E-state index contributed by atoms with van der Waals surface area (Å²) in [7, 11) is 1.97. The summed E-state index contributed by atoms with van der Waals surface area (Å²) in [6.45, 7) is 3.78. The van der Waals surface area contributed by atoms with Crippen LogP contribution in [0, 0.1) is 13.8 Å². The maximum Gasteiger partial charge on any atom is 0.190 e. The first-order chi connectivity index (χ1) is 6.20. The van der Waals surface area contributed by atoms with Gasteiger partial charge in [0, 0.05) is 26.4 Å². The Bertz CT molecular complexity index is 321. The van der Waals surface area contributed by atoms with E-state index in [-0.39, 0.29) is 0 Å². The molecule has 0 amide bonds. The highest BCUT2D eigenvalue weighted by atomic mass is 16.3. The lowest BCUT2D eigenvalue weighted by molar-refractivity contribution is 0.521. The summed E-state index contributed by atoms with van der Waals surface area (Å²) in [5, 5.41) is 0. The van der Waals surface area contributed by atoms with Gasteiger partial charge < -0.3 is 8.98 Å². The van der Waals surface area contributed by atoms with E-state index in [1.807, 2.05) is 24.7 Å². The number of rotatable bonds is 0. The zero-order valence-electron chi connectivity index (χ0n) is 8.06. The van der Waals surface area contributed by atoms with Crippen LogP contribution in [-0.4, -0.2) is 14.5 Å². The van der Waals surface area contributed by atoms with E-state index in [2.05, 4.69) is 9.97 Å². The summed E-state index contributed by atoms with van der Waals surface area (Å²) >= 11 is 0. The lowest BCUT2D eigenvalue weighted by Gasteiger charge is -1.87. The summed E-state index contributed by atoms with van der Waals surface area (Å²) in [6, 6.07) is 0. The fourth-order valence-corrected chi connectivity index (χ4v) is 0.735. The molecule has 0 atom stereocenters. The molecule has 0 N–H and O–H groups in total. The van der Waals surface area contributed by atoms with Gasteiger partial charge >= 0.3 is 0 Å². The Labute approximate surface area is 77.2 Å². The van der Waals surface area contributed by atoms with Gasteiger partial charge in [0.1, 0.15) is 12.1 Å². The fraction of sp³-hybridized carbons (Fsp3) is 0.333. The Hall–Kier alpha value is -1.58. The maximum absolute atomic E-state index is 4.72. The lowest BCUT2D eigenvalue weighted by atomic mass is 10.7. The molecule has 4 heteroatoms. The Morgan fingerprint density at radius 2 is 2.00 bits per heavy atom. The Morgan fingerprint density at radius 1 is 1.23 bits per heavy atom. The van der Waals surface area contributed by atoms with Crippen LogP contribution in [0.5, 0.6) is 0 Å². The third kappa shape index (κ3) is 3.11.